The molecule has 110 valence electrons. The molecule has 2 N–H and O–H groups in total. The van der Waals surface area contributed by atoms with Gasteiger partial charge in [-0.1, -0.05) is 22.0 Å². The van der Waals surface area contributed by atoms with E-state index in [1.54, 1.807) is 6.07 Å². The second kappa shape index (κ2) is 5.77. The Morgan fingerprint density at radius 2 is 2.05 bits per heavy atom. The van der Waals surface area contributed by atoms with Crippen molar-refractivity contribution < 1.29 is 13.6 Å². The lowest BCUT2D eigenvalue weighted by Crippen LogP contribution is -2.27. The summed E-state index contributed by atoms with van der Waals surface area (Å²) in [6.07, 6.45) is 0.916. The van der Waals surface area contributed by atoms with E-state index in [-0.39, 0.29) is 23.1 Å². The van der Waals surface area contributed by atoms with Crippen molar-refractivity contribution in [3.63, 3.8) is 0 Å². The number of pyridine rings is 1. The van der Waals surface area contributed by atoms with Crippen LogP contribution < -0.4 is 11.3 Å². The van der Waals surface area contributed by atoms with E-state index >= 15 is 0 Å². The van der Waals surface area contributed by atoms with Gasteiger partial charge in [-0.25, -0.2) is 8.78 Å². The van der Waals surface area contributed by atoms with Crippen LogP contribution >= 0.6 is 15.9 Å². The van der Waals surface area contributed by atoms with Gasteiger partial charge in [0.05, 0.1) is 5.56 Å². The number of primary amides is 1. The summed E-state index contributed by atoms with van der Waals surface area (Å²) in [6, 6.07) is 4.25. The second-order valence-corrected chi connectivity index (χ2v) is 5.44. The first-order valence-electron chi connectivity index (χ1n) is 5.93. The van der Waals surface area contributed by atoms with Gasteiger partial charge in [-0.3, -0.25) is 9.59 Å². The van der Waals surface area contributed by atoms with Gasteiger partial charge in [0, 0.05) is 29.7 Å². The summed E-state index contributed by atoms with van der Waals surface area (Å²) in [5.41, 5.74) is 4.12. The highest BCUT2D eigenvalue weighted by Gasteiger charge is 2.19. The minimum absolute atomic E-state index is 0.142. The van der Waals surface area contributed by atoms with E-state index in [9.17, 15) is 18.4 Å². The summed E-state index contributed by atoms with van der Waals surface area (Å²) in [5.74, 6) is -2.55. The van der Waals surface area contributed by atoms with E-state index in [2.05, 4.69) is 15.9 Å². The number of rotatable bonds is 3. The summed E-state index contributed by atoms with van der Waals surface area (Å²) < 4.78 is 29.4. The van der Waals surface area contributed by atoms with Crippen molar-refractivity contribution in [2.75, 3.05) is 0 Å². The summed E-state index contributed by atoms with van der Waals surface area (Å²) in [4.78, 5) is 23.0. The lowest BCUT2D eigenvalue weighted by molar-refractivity contribution is 0.0998. The molecule has 0 saturated heterocycles. The zero-order valence-electron chi connectivity index (χ0n) is 11.0. The molecule has 1 heterocycles. The maximum absolute atomic E-state index is 14.1. The molecule has 21 heavy (non-hydrogen) atoms. The zero-order chi connectivity index (χ0) is 15.7. The van der Waals surface area contributed by atoms with Crippen molar-refractivity contribution in [2.24, 2.45) is 12.8 Å². The van der Waals surface area contributed by atoms with Crippen molar-refractivity contribution in [2.45, 2.75) is 6.42 Å². The summed E-state index contributed by atoms with van der Waals surface area (Å²) in [5, 5.41) is 0. The molecular weight excluding hydrogens is 346 g/mol. The molecule has 0 aliphatic heterocycles. The molecule has 1 aromatic heterocycles. The lowest BCUT2D eigenvalue weighted by Gasteiger charge is -2.11. The van der Waals surface area contributed by atoms with Gasteiger partial charge < -0.3 is 10.3 Å². The van der Waals surface area contributed by atoms with Gasteiger partial charge >= 0.3 is 0 Å². The first-order valence-corrected chi connectivity index (χ1v) is 6.72. The average Bonchev–Trinajstić information content (AvgIpc) is 2.41. The van der Waals surface area contributed by atoms with Crippen LogP contribution in [-0.2, 0) is 13.5 Å². The molecule has 0 spiro atoms. The van der Waals surface area contributed by atoms with Gasteiger partial charge in [-0.15, -0.1) is 0 Å². The molecule has 0 unspecified atom stereocenters. The number of hydrogen-bond acceptors (Lipinski definition) is 2. The van der Waals surface area contributed by atoms with Crippen LogP contribution in [0.15, 0.2) is 33.7 Å². The fraction of sp³-hybridized carbons (Fsp3) is 0.143. The van der Waals surface area contributed by atoms with Gasteiger partial charge in [0.2, 0.25) is 0 Å². The third-order valence-electron chi connectivity index (χ3n) is 3.07. The largest absolute Gasteiger partial charge is 0.366 e. The molecular formula is C14H11BrF2N2O2. The number of aromatic nitrogens is 1. The maximum Gasteiger partial charge on any atom is 0.286 e. The third-order valence-corrected chi connectivity index (χ3v) is 3.56. The van der Waals surface area contributed by atoms with Crippen LogP contribution in [0.4, 0.5) is 8.78 Å². The summed E-state index contributed by atoms with van der Waals surface area (Å²) >= 11 is 3.11. The van der Waals surface area contributed by atoms with Crippen LogP contribution in [0.2, 0.25) is 0 Å². The molecule has 0 radical (unpaired) electrons. The number of halogens is 3. The quantitative estimate of drug-likeness (QED) is 0.915. The van der Waals surface area contributed by atoms with Gasteiger partial charge in [0.25, 0.3) is 11.5 Å². The highest BCUT2D eigenvalue weighted by Crippen LogP contribution is 2.20. The molecule has 4 nitrogen and oxygen atoms in total. The number of carbonyl (C=O) groups is 1. The topological polar surface area (TPSA) is 65.1 Å². The number of hydrogen-bond donors (Lipinski definition) is 1. The maximum atomic E-state index is 14.1. The highest BCUT2D eigenvalue weighted by atomic mass is 79.9. The predicted molar refractivity (Wildman–Crippen MR) is 77.1 cm³/mol. The Morgan fingerprint density at radius 3 is 2.62 bits per heavy atom. The van der Waals surface area contributed by atoms with Gasteiger partial charge in [-0.2, -0.15) is 0 Å². The standard InChI is InChI=1S/C14H11BrF2N2O2/c1-19-6-10(13(18)20)9(12(17)14(19)21)4-7-2-3-8(15)5-11(7)16/h2-3,5-6H,4H2,1H3,(H2,18,20). The van der Waals surface area contributed by atoms with Gasteiger partial charge in [0.1, 0.15) is 5.82 Å². The van der Waals surface area contributed by atoms with E-state index in [4.69, 9.17) is 5.73 Å². The molecule has 0 atom stereocenters. The molecule has 0 saturated carbocycles. The summed E-state index contributed by atoms with van der Waals surface area (Å²) in [7, 11) is 1.31. The normalized spacial score (nSPS) is 10.7. The fourth-order valence-corrected chi connectivity index (χ4v) is 2.31. The van der Waals surface area contributed by atoms with Crippen LogP contribution in [0.25, 0.3) is 0 Å². The molecule has 0 aliphatic rings. The Balaban J connectivity index is 2.60. The molecule has 0 bridgehead atoms. The Kier molecular flexibility index (Phi) is 4.22. The van der Waals surface area contributed by atoms with Crippen molar-refractivity contribution in [3.8, 4) is 0 Å². The summed E-state index contributed by atoms with van der Waals surface area (Å²) in [6.45, 7) is 0. The van der Waals surface area contributed by atoms with E-state index in [1.807, 2.05) is 0 Å². The number of carbonyl (C=O) groups excluding carboxylic acids is 1. The smallest absolute Gasteiger partial charge is 0.286 e. The van der Waals surface area contributed by atoms with Crippen molar-refractivity contribution in [3.05, 3.63) is 67.5 Å². The van der Waals surface area contributed by atoms with E-state index < -0.39 is 23.1 Å². The second-order valence-electron chi connectivity index (χ2n) is 4.53. The van der Waals surface area contributed by atoms with E-state index in [0.717, 1.165) is 10.8 Å². The molecule has 2 rings (SSSR count). The minimum Gasteiger partial charge on any atom is -0.366 e. The monoisotopic (exact) mass is 356 g/mol. The zero-order valence-corrected chi connectivity index (χ0v) is 12.6. The Morgan fingerprint density at radius 1 is 1.38 bits per heavy atom. The number of aryl methyl sites for hydroxylation is 1. The third kappa shape index (κ3) is 3.02. The van der Waals surface area contributed by atoms with Gasteiger partial charge in [0.15, 0.2) is 5.82 Å². The van der Waals surface area contributed by atoms with Crippen molar-refractivity contribution >= 4 is 21.8 Å². The Hall–Kier alpha value is -2.02. The SMILES string of the molecule is Cn1cc(C(N)=O)c(Cc2ccc(Br)cc2F)c(F)c1=O. The number of nitrogens with zero attached hydrogens (tertiary/aromatic N) is 1. The first-order chi connectivity index (χ1) is 9.81. The predicted octanol–water partition coefficient (Wildman–Crippen LogP) is 2.12. The molecule has 7 heteroatoms. The van der Waals surface area contributed by atoms with Crippen LogP contribution in [0.1, 0.15) is 21.5 Å². The highest BCUT2D eigenvalue weighted by molar-refractivity contribution is 9.10. The van der Waals surface area contributed by atoms with E-state index in [0.29, 0.717) is 4.47 Å². The van der Waals surface area contributed by atoms with E-state index in [1.165, 1.54) is 19.2 Å². The average molecular weight is 357 g/mol. The fourth-order valence-electron chi connectivity index (χ4n) is 1.97. The molecule has 1 amide bonds. The Bertz CT molecular complexity index is 787. The van der Waals surface area contributed by atoms with Crippen LogP contribution in [0.3, 0.4) is 0 Å². The lowest BCUT2D eigenvalue weighted by atomic mass is 10.00. The number of amides is 1. The molecule has 1 aromatic carbocycles. The van der Waals surface area contributed by atoms with Crippen molar-refractivity contribution in [1.82, 2.24) is 4.57 Å². The first kappa shape index (κ1) is 15.4. The number of benzene rings is 1. The van der Waals surface area contributed by atoms with Gasteiger partial charge in [-0.05, 0) is 17.7 Å². The van der Waals surface area contributed by atoms with Crippen LogP contribution in [0, 0.1) is 11.6 Å². The minimum atomic E-state index is -1.10. The Labute approximate surface area is 127 Å². The molecule has 0 aliphatic carbocycles. The van der Waals surface area contributed by atoms with Crippen LogP contribution in [-0.4, -0.2) is 10.5 Å². The van der Waals surface area contributed by atoms with Crippen LogP contribution in [0.5, 0.6) is 0 Å². The molecule has 2 aromatic rings. The number of nitrogens with two attached hydrogens (primary N) is 1. The molecule has 0 fully saturated rings. The van der Waals surface area contributed by atoms with Crippen molar-refractivity contribution in [1.29, 1.82) is 0 Å².